The van der Waals surface area contributed by atoms with Gasteiger partial charge in [0.25, 0.3) is 0 Å². The summed E-state index contributed by atoms with van der Waals surface area (Å²) in [6.45, 7) is 6.78. The Morgan fingerprint density at radius 2 is 1.96 bits per heavy atom. The zero-order valence-corrected chi connectivity index (χ0v) is 14.6. The SMILES string of the molecule is CC1(C)CC(=O)C(O)C2(C)C3CC4(CO)C=CC(C4)C3CCC12. The normalized spacial score (nSPS) is 53.8. The average Bonchev–Trinajstić information content (AvgIpc) is 2.85. The molecule has 3 nitrogen and oxygen atoms in total. The highest BCUT2D eigenvalue weighted by atomic mass is 16.3. The van der Waals surface area contributed by atoms with Crippen molar-refractivity contribution in [1.82, 2.24) is 0 Å². The quantitative estimate of drug-likeness (QED) is 0.731. The van der Waals surface area contributed by atoms with E-state index in [1.54, 1.807) is 0 Å². The first-order valence-electron chi connectivity index (χ1n) is 9.24. The molecule has 128 valence electrons. The molecule has 7 atom stereocenters. The molecule has 0 aromatic carbocycles. The van der Waals surface area contributed by atoms with E-state index in [0.29, 0.717) is 30.1 Å². The lowest BCUT2D eigenvalue weighted by Gasteiger charge is -2.63. The minimum atomic E-state index is -0.832. The van der Waals surface area contributed by atoms with E-state index in [9.17, 15) is 15.0 Å². The van der Waals surface area contributed by atoms with Gasteiger partial charge in [-0.05, 0) is 54.8 Å². The van der Waals surface area contributed by atoms with Gasteiger partial charge in [-0.2, -0.15) is 0 Å². The minimum absolute atomic E-state index is 0.0262. The van der Waals surface area contributed by atoms with Gasteiger partial charge >= 0.3 is 0 Å². The summed E-state index contributed by atoms with van der Waals surface area (Å²) in [5.74, 6) is 1.83. The number of Topliss-reactive ketones (excluding diaryl/α,β-unsaturated/α-hetero) is 1. The smallest absolute Gasteiger partial charge is 0.162 e. The summed E-state index contributed by atoms with van der Waals surface area (Å²) in [6.07, 6.45) is 8.51. The maximum atomic E-state index is 12.6. The van der Waals surface area contributed by atoms with Gasteiger partial charge in [0.2, 0.25) is 0 Å². The number of carbonyl (C=O) groups is 1. The van der Waals surface area contributed by atoms with Crippen LogP contribution in [0.15, 0.2) is 12.2 Å². The summed E-state index contributed by atoms with van der Waals surface area (Å²) >= 11 is 0. The van der Waals surface area contributed by atoms with E-state index in [1.807, 2.05) is 0 Å². The molecule has 0 aromatic rings. The largest absolute Gasteiger partial charge is 0.395 e. The number of rotatable bonds is 1. The van der Waals surface area contributed by atoms with Gasteiger partial charge in [-0.1, -0.05) is 32.9 Å². The molecular weight excluding hydrogens is 288 g/mol. The molecule has 2 N–H and O–H groups in total. The van der Waals surface area contributed by atoms with Gasteiger partial charge in [-0.25, -0.2) is 0 Å². The molecule has 0 radical (unpaired) electrons. The van der Waals surface area contributed by atoms with Crippen LogP contribution in [0.25, 0.3) is 0 Å². The highest BCUT2D eigenvalue weighted by Gasteiger charge is 2.64. The molecule has 4 aliphatic rings. The predicted octanol–water partition coefficient (Wildman–Crippen LogP) is 2.95. The number of carbonyl (C=O) groups excluding carboxylic acids is 1. The summed E-state index contributed by atoms with van der Waals surface area (Å²) in [5.41, 5.74) is -0.486. The second-order valence-electron chi connectivity index (χ2n) is 9.75. The fourth-order valence-corrected chi connectivity index (χ4v) is 7.12. The molecule has 0 aromatic heterocycles. The Balaban J connectivity index is 1.78. The monoisotopic (exact) mass is 318 g/mol. The average molecular weight is 318 g/mol. The summed E-state index contributed by atoms with van der Waals surface area (Å²) < 4.78 is 0. The van der Waals surface area contributed by atoms with Crippen LogP contribution in [0.3, 0.4) is 0 Å². The van der Waals surface area contributed by atoms with E-state index in [1.165, 1.54) is 6.42 Å². The fourth-order valence-electron chi connectivity index (χ4n) is 7.12. The van der Waals surface area contributed by atoms with Crippen LogP contribution in [0.2, 0.25) is 0 Å². The van der Waals surface area contributed by atoms with Gasteiger partial charge in [0, 0.05) is 17.3 Å². The molecule has 3 saturated carbocycles. The van der Waals surface area contributed by atoms with Gasteiger partial charge in [0.1, 0.15) is 6.10 Å². The molecule has 0 saturated heterocycles. The van der Waals surface area contributed by atoms with Crippen LogP contribution in [0.5, 0.6) is 0 Å². The first-order valence-corrected chi connectivity index (χ1v) is 9.24. The van der Waals surface area contributed by atoms with Crippen molar-refractivity contribution in [3.8, 4) is 0 Å². The van der Waals surface area contributed by atoms with Crippen molar-refractivity contribution in [2.45, 2.75) is 59.0 Å². The molecule has 0 aliphatic heterocycles. The zero-order chi connectivity index (χ0) is 16.6. The van der Waals surface area contributed by atoms with Gasteiger partial charge in [-0.3, -0.25) is 4.79 Å². The van der Waals surface area contributed by atoms with Crippen molar-refractivity contribution in [1.29, 1.82) is 0 Å². The van der Waals surface area contributed by atoms with Crippen LogP contribution >= 0.6 is 0 Å². The standard InChI is InChI=1S/C20H30O3/c1-18(2)10-15(22)17(23)19(3)14-9-20(11-21)7-6-12(8-20)13(14)4-5-16(18)19/h6-7,12-14,16-17,21,23H,4-5,8-11H2,1-3H3. The summed E-state index contributed by atoms with van der Waals surface area (Å²) in [5, 5.41) is 20.9. The van der Waals surface area contributed by atoms with Crippen LogP contribution < -0.4 is 0 Å². The van der Waals surface area contributed by atoms with Crippen molar-refractivity contribution < 1.29 is 15.0 Å². The zero-order valence-electron chi connectivity index (χ0n) is 14.6. The Morgan fingerprint density at radius 3 is 2.65 bits per heavy atom. The van der Waals surface area contributed by atoms with Crippen molar-refractivity contribution in [3.05, 3.63) is 12.2 Å². The van der Waals surface area contributed by atoms with Crippen molar-refractivity contribution in [2.24, 2.45) is 39.9 Å². The van der Waals surface area contributed by atoms with E-state index in [4.69, 9.17) is 0 Å². The third kappa shape index (κ3) is 1.93. The molecule has 0 amide bonds. The number of ketones is 1. The Morgan fingerprint density at radius 1 is 1.22 bits per heavy atom. The molecule has 7 unspecified atom stereocenters. The van der Waals surface area contributed by atoms with E-state index < -0.39 is 6.10 Å². The second-order valence-corrected chi connectivity index (χ2v) is 9.75. The number of hydrogen-bond donors (Lipinski definition) is 2. The third-order valence-corrected chi connectivity index (χ3v) is 8.15. The lowest BCUT2D eigenvalue weighted by atomic mass is 9.41. The molecule has 4 rings (SSSR count). The van der Waals surface area contributed by atoms with Crippen LogP contribution in [0.4, 0.5) is 0 Å². The Bertz CT molecular complexity index is 565. The van der Waals surface area contributed by atoms with E-state index in [-0.39, 0.29) is 28.6 Å². The molecule has 0 spiro atoms. The minimum Gasteiger partial charge on any atom is -0.395 e. The molecule has 4 aliphatic carbocycles. The van der Waals surface area contributed by atoms with Crippen LogP contribution in [0.1, 0.15) is 52.9 Å². The third-order valence-electron chi connectivity index (χ3n) is 8.15. The van der Waals surface area contributed by atoms with Crippen molar-refractivity contribution in [2.75, 3.05) is 6.61 Å². The van der Waals surface area contributed by atoms with Crippen LogP contribution in [0, 0.1) is 39.9 Å². The number of allylic oxidation sites excluding steroid dienone is 1. The molecule has 0 heterocycles. The maximum absolute atomic E-state index is 12.6. The fraction of sp³-hybridized carbons (Fsp3) is 0.850. The maximum Gasteiger partial charge on any atom is 0.162 e. The molecule has 2 bridgehead atoms. The van der Waals surface area contributed by atoms with Crippen LogP contribution in [-0.2, 0) is 4.79 Å². The second kappa shape index (κ2) is 4.70. The predicted molar refractivity (Wildman–Crippen MR) is 88.6 cm³/mol. The topological polar surface area (TPSA) is 57.5 Å². The van der Waals surface area contributed by atoms with E-state index >= 15 is 0 Å². The Hall–Kier alpha value is -0.670. The van der Waals surface area contributed by atoms with Crippen LogP contribution in [-0.4, -0.2) is 28.7 Å². The first-order chi connectivity index (χ1) is 10.7. The van der Waals surface area contributed by atoms with Gasteiger partial charge in [0.15, 0.2) is 5.78 Å². The molecular formula is C20H30O3. The first kappa shape index (κ1) is 15.8. The lowest BCUT2D eigenvalue weighted by molar-refractivity contribution is -0.192. The van der Waals surface area contributed by atoms with Gasteiger partial charge in [0.05, 0.1) is 6.61 Å². The lowest BCUT2D eigenvalue weighted by Crippen LogP contribution is -2.63. The van der Waals surface area contributed by atoms with Gasteiger partial charge in [-0.15, -0.1) is 0 Å². The molecule has 3 heteroatoms. The van der Waals surface area contributed by atoms with E-state index in [2.05, 4.69) is 32.9 Å². The van der Waals surface area contributed by atoms with Crippen molar-refractivity contribution >= 4 is 5.78 Å². The Labute approximate surface area is 139 Å². The molecule has 23 heavy (non-hydrogen) atoms. The van der Waals surface area contributed by atoms with E-state index in [0.717, 1.165) is 19.3 Å². The Kier molecular flexibility index (Phi) is 3.23. The number of hydrogen-bond acceptors (Lipinski definition) is 3. The molecule has 3 fully saturated rings. The number of fused-ring (bicyclic) bond motifs is 6. The highest BCUT2D eigenvalue weighted by molar-refractivity contribution is 5.85. The number of aliphatic hydroxyl groups excluding tert-OH is 2. The summed E-state index contributed by atoms with van der Waals surface area (Å²) in [6, 6.07) is 0. The summed E-state index contributed by atoms with van der Waals surface area (Å²) in [7, 11) is 0. The van der Waals surface area contributed by atoms with Gasteiger partial charge < -0.3 is 10.2 Å². The number of aliphatic hydroxyl groups is 2. The van der Waals surface area contributed by atoms with Crippen molar-refractivity contribution in [3.63, 3.8) is 0 Å². The summed E-state index contributed by atoms with van der Waals surface area (Å²) in [4.78, 5) is 12.6. The highest BCUT2D eigenvalue weighted by Crippen LogP contribution is 2.67.